The Balaban J connectivity index is 1.75. The number of amides is 1. The third-order valence-corrected chi connectivity index (χ3v) is 4.99. The van der Waals surface area contributed by atoms with Gasteiger partial charge >= 0.3 is 0 Å². The highest BCUT2D eigenvalue weighted by molar-refractivity contribution is 8.00. The molecule has 0 spiro atoms. The average molecular weight is 413 g/mol. The van der Waals surface area contributed by atoms with Crippen LogP contribution in [0, 0.1) is 6.92 Å². The van der Waals surface area contributed by atoms with Crippen molar-refractivity contribution in [2.45, 2.75) is 24.3 Å². The molecule has 0 fully saturated rings. The van der Waals surface area contributed by atoms with Gasteiger partial charge in [-0.15, -0.1) is 10.2 Å². The maximum absolute atomic E-state index is 12.3. The highest BCUT2D eigenvalue weighted by atomic mass is 35.5. The number of thioether (sulfide) groups is 1. The summed E-state index contributed by atoms with van der Waals surface area (Å²) in [5.41, 5.74) is 0.552. The molecule has 8 nitrogen and oxygen atoms in total. The molecule has 2 aromatic heterocycles. The largest absolute Gasteiger partial charge is 0.360 e. The van der Waals surface area contributed by atoms with Crippen LogP contribution in [0.3, 0.4) is 0 Å². The van der Waals surface area contributed by atoms with Crippen LogP contribution in [0.4, 0.5) is 5.82 Å². The Morgan fingerprint density at radius 3 is 2.81 bits per heavy atom. The van der Waals surface area contributed by atoms with Crippen molar-refractivity contribution in [2.75, 3.05) is 11.2 Å². The lowest BCUT2D eigenvalue weighted by molar-refractivity contribution is -0.115. The van der Waals surface area contributed by atoms with Crippen molar-refractivity contribution in [1.29, 1.82) is 0 Å². The Morgan fingerprint density at radius 1 is 1.35 bits per heavy atom. The molecule has 0 aliphatic rings. The lowest BCUT2D eigenvalue weighted by Gasteiger charge is -2.10. The third-order valence-electron chi connectivity index (χ3n) is 3.36. The molecule has 0 radical (unpaired) electrons. The Kier molecular flexibility index (Phi) is 5.40. The van der Waals surface area contributed by atoms with Crippen LogP contribution in [0.2, 0.25) is 10.0 Å². The summed E-state index contributed by atoms with van der Waals surface area (Å²) in [5.74, 6) is 7.10. The van der Waals surface area contributed by atoms with Crippen molar-refractivity contribution < 1.29 is 9.32 Å². The topological polar surface area (TPSA) is 112 Å². The fourth-order valence-electron chi connectivity index (χ4n) is 2.07. The summed E-state index contributed by atoms with van der Waals surface area (Å²) >= 11 is 13.3. The Hall–Kier alpha value is -2.23. The van der Waals surface area contributed by atoms with Gasteiger partial charge < -0.3 is 15.7 Å². The second kappa shape index (κ2) is 7.56. The quantitative estimate of drug-likeness (QED) is 0.487. The number of aryl methyl sites for hydroxylation is 1. The van der Waals surface area contributed by atoms with Crippen molar-refractivity contribution >= 4 is 46.7 Å². The van der Waals surface area contributed by atoms with Gasteiger partial charge in [0.25, 0.3) is 0 Å². The molecule has 3 aromatic rings. The Bertz CT molecular complexity index is 958. The molecule has 26 heavy (non-hydrogen) atoms. The van der Waals surface area contributed by atoms with Crippen molar-refractivity contribution in [3.8, 4) is 11.4 Å². The molecule has 1 atom stereocenters. The average Bonchev–Trinajstić information content (AvgIpc) is 3.16. The van der Waals surface area contributed by atoms with Crippen LogP contribution in [0.15, 0.2) is 33.9 Å². The van der Waals surface area contributed by atoms with Crippen LogP contribution in [0.1, 0.15) is 12.7 Å². The van der Waals surface area contributed by atoms with Crippen molar-refractivity contribution in [1.82, 2.24) is 20.0 Å². The number of rotatable bonds is 5. The van der Waals surface area contributed by atoms with Crippen LogP contribution in [0.25, 0.3) is 11.4 Å². The van der Waals surface area contributed by atoms with E-state index in [2.05, 4.69) is 20.7 Å². The maximum atomic E-state index is 12.3. The van der Waals surface area contributed by atoms with Gasteiger partial charge in [-0.05, 0) is 32.0 Å². The predicted molar refractivity (Wildman–Crippen MR) is 101 cm³/mol. The van der Waals surface area contributed by atoms with E-state index in [0.29, 0.717) is 38.2 Å². The van der Waals surface area contributed by atoms with E-state index < -0.39 is 5.25 Å². The first-order chi connectivity index (χ1) is 12.3. The van der Waals surface area contributed by atoms with E-state index in [-0.39, 0.29) is 5.91 Å². The normalized spacial score (nSPS) is 12.2. The van der Waals surface area contributed by atoms with Crippen LogP contribution in [-0.4, -0.2) is 31.2 Å². The minimum Gasteiger partial charge on any atom is -0.360 e. The first-order valence-corrected chi connectivity index (χ1v) is 9.05. The van der Waals surface area contributed by atoms with Gasteiger partial charge in [0.05, 0.1) is 10.3 Å². The molecule has 136 valence electrons. The number of nitrogen functional groups attached to an aromatic ring is 1. The van der Waals surface area contributed by atoms with E-state index in [0.717, 1.165) is 11.8 Å². The van der Waals surface area contributed by atoms with Gasteiger partial charge in [0, 0.05) is 16.7 Å². The number of halogens is 2. The lowest BCUT2D eigenvalue weighted by atomic mass is 10.2. The zero-order valence-corrected chi connectivity index (χ0v) is 16.1. The van der Waals surface area contributed by atoms with Gasteiger partial charge in [-0.1, -0.05) is 40.1 Å². The number of nitrogens with two attached hydrogens (primary N) is 1. The fourth-order valence-corrected chi connectivity index (χ4v) is 3.22. The van der Waals surface area contributed by atoms with Gasteiger partial charge in [0.2, 0.25) is 11.1 Å². The molecular weight excluding hydrogens is 399 g/mol. The number of nitrogens with zero attached hydrogens (tertiary/aromatic N) is 4. The number of hydrogen-bond acceptors (Lipinski definition) is 7. The maximum Gasteiger partial charge on any atom is 0.238 e. The number of benzene rings is 1. The standard InChI is InChI=1S/C15H14Cl2N6O2S/c1-7-5-12(22-25-7)19-14(24)8(2)26-15-21-20-13(23(15)18)10-6-9(16)3-4-11(10)17/h3-6,8H,18H2,1-2H3,(H,19,22,24)/t8-/m1/s1. The molecule has 0 unspecified atom stereocenters. The van der Waals surface area contributed by atoms with Crippen LogP contribution >= 0.6 is 35.0 Å². The smallest absolute Gasteiger partial charge is 0.238 e. The predicted octanol–water partition coefficient (Wildman–Crippen LogP) is 3.38. The minimum atomic E-state index is -0.499. The van der Waals surface area contributed by atoms with E-state index >= 15 is 0 Å². The van der Waals surface area contributed by atoms with E-state index in [4.69, 9.17) is 33.6 Å². The molecule has 0 saturated carbocycles. The van der Waals surface area contributed by atoms with Gasteiger partial charge in [-0.2, -0.15) is 0 Å². The summed E-state index contributed by atoms with van der Waals surface area (Å²) in [4.78, 5) is 12.3. The number of anilines is 1. The first kappa shape index (κ1) is 18.6. The second-order valence-electron chi connectivity index (χ2n) is 5.37. The highest BCUT2D eigenvalue weighted by Gasteiger charge is 2.21. The van der Waals surface area contributed by atoms with E-state index in [9.17, 15) is 4.79 Å². The number of nitrogens with one attached hydrogen (secondary N) is 1. The van der Waals surface area contributed by atoms with Crippen LogP contribution < -0.4 is 11.2 Å². The minimum absolute atomic E-state index is 0.270. The molecule has 1 amide bonds. The molecule has 0 aliphatic heterocycles. The third kappa shape index (κ3) is 3.95. The molecule has 11 heteroatoms. The lowest BCUT2D eigenvalue weighted by Crippen LogP contribution is -2.23. The van der Waals surface area contributed by atoms with Gasteiger partial charge in [0.15, 0.2) is 11.6 Å². The van der Waals surface area contributed by atoms with E-state index in [1.807, 2.05) is 0 Å². The monoisotopic (exact) mass is 412 g/mol. The summed E-state index contributed by atoms with van der Waals surface area (Å²) in [7, 11) is 0. The van der Waals surface area contributed by atoms with Gasteiger partial charge in [-0.25, -0.2) is 4.68 Å². The van der Waals surface area contributed by atoms with Crippen molar-refractivity contribution in [3.63, 3.8) is 0 Å². The van der Waals surface area contributed by atoms with E-state index in [1.165, 1.54) is 4.68 Å². The zero-order chi connectivity index (χ0) is 18.8. The molecule has 0 aliphatic carbocycles. The number of carbonyl (C=O) groups is 1. The van der Waals surface area contributed by atoms with Crippen LogP contribution in [0.5, 0.6) is 0 Å². The molecular formula is C15H14Cl2N6O2S. The van der Waals surface area contributed by atoms with Gasteiger partial charge in [-0.3, -0.25) is 4.79 Å². The van der Waals surface area contributed by atoms with Gasteiger partial charge in [0.1, 0.15) is 5.76 Å². The molecule has 0 saturated heterocycles. The second-order valence-corrected chi connectivity index (χ2v) is 7.52. The molecule has 1 aromatic carbocycles. The Morgan fingerprint density at radius 2 is 2.12 bits per heavy atom. The molecule has 3 N–H and O–H groups in total. The summed E-state index contributed by atoms with van der Waals surface area (Å²) in [5, 5.41) is 15.3. The summed E-state index contributed by atoms with van der Waals surface area (Å²) in [6, 6.07) is 6.59. The molecule has 3 rings (SSSR count). The fraction of sp³-hybridized carbons (Fsp3) is 0.200. The number of hydrogen-bond donors (Lipinski definition) is 2. The number of aromatic nitrogens is 4. The number of carbonyl (C=O) groups excluding carboxylic acids is 1. The zero-order valence-electron chi connectivity index (χ0n) is 13.7. The first-order valence-electron chi connectivity index (χ1n) is 7.42. The van der Waals surface area contributed by atoms with Crippen molar-refractivity contribution in [2.24, 2.45) is 0 Å². The highest BCUT2D eigenvalue weighted by Crippen LogP contribution is 2.31. The van der Waals surface area contributed by atoms with Crippen LogP contribution in [-0.2, 0) is 4.79 Å². The summed E-state index contributed by atoms with van der Waals surface area (Å²) < 4.78 is 6.18. The molecule has 0 bridgehead atoms. The van der Waals surface area contributed by atoms with Crippen molar-refractivity contribution in [3.05, 3.63) is 40.1 Å². The van der Waals surface area contributed by atoms with E-state index in [1.54, 1.807) is 38.1 Å². The summed E-state index contributed by atoms with van der Waals surface area (Å²) in [6.45, 7) is 3.45. The SMILES string of the molecule is Cc1cc(NC(=O)[C@@H](C)Sc2nnc(-c3cc(Cl)ccc3Cl)n2N)no1. The summed E-state index contributed by atoms with van der Waals surface area (Å²) in [6.07, 6.45) is 0. The Labute approximate surface area is 163 Å². The molecule has 2 heterocycles.